The van der Waals surface area contributed by atoms with Gasteiger partial charge in [0.25, 0.3) is 5.56 Å². The van der Waals surface area contributed by atoms with Gasteiger partial charge in [-0.1, -0.05) is 5.11 Å². The van der Waals surface area contributed by atoms with Gasteiger partial charge in [0, 0.05) is 21.7 Å². The Balaban J connectivity index is 1.77. The van der Waals surface area contributed by atoms with Crippen molar-refractivity contribution in [3.63, 3.8) is 0 Å². The fourth-order valence-electron chi connectivity index (χ4n) is 2.77. The minimum absolute atomic E-state index is 0.114. The SMILES string of the molecule is N#Cc1ccc(O[P+](=O)OC[C@@]2(N=[N+]=[N-])O[C@@H](n3ccc(=O)[nH]c3=O)[C@H](O)[C@@H]2O)cc1. The van der Waals surface area contributed by atoms with Gasteiger partial charge in [-0.15, -0.1) is 4.52 Å². The van der Waals surface area contributed by atoms with Crippen molar-refractivity contribution in [2.45, 2.75) is 24.2 Å². The molecule has 1 fully saturated rings. The van der Waals surface area contributed by atoms with Gasteiger partial charge in [-0.25, -0.2) is 9.32 Å². The zero-order chi connectivity index (χ0) is 22.6. The molecule has 1 aromatic carbocycles. The highest BCUT2D eigenvalue weighted by Crippen LogP contribution is 2.40. The maximum atomic E-state index is 12.1. The van der Waals surface area contributed by atoms with Crippen LogP contribution in [0, 0.1) is 11.3 Å². The third-order valence-electron chi connectivity index (χ3n) is 4.28. The van der Waals surface area contributed by atoms with Crippen LogP contribution in [-0.4, -0.2) is 44.3 Å². The molecule has 1 unspecified atom stereocenters. The summed E-state index contributed by atoms with van der Waals surface area (Å²) < 4.78 is 28.4. The average molecular weight is 449 g/mol. The van der Waals surface area contributed by atoms with E-state index in [9.17, 15) is 24.4 Å². The first-order valence-corrected chi connectivity index (χ1v) is 9.59. The Morgan fingerprint density at radius 2 is 2.06 bits per heavy atom. The summed E-state index contributed by atoms with van der Waals surface area (Å²) in [5, 5.41) is 32.8. The summed E-state index contributed by atoms with van der Waals surface area (Å²) in [5.41, 5.74) is 5.33. The predicted molar refractivity (Wildman–Crippen MR) is 101 cm³/mol. The second kappa shape index (κ2) is 9.07. The number of hydrogen-bond donors (Lipinski definition) is 3. The van der Waals surface area contributed by atoms with Crippen LogP contribution in [-0.2, 0) is 13.8 Å². The van der Waals surface area contributed by atoms with Crippen LogP contribution in [0.5, 0.6) is 5.75 Å². The first-order chi connectivity index (χ1) is 14.8. The lowest BCUT2D eigenvalue weighted by molar-refractivity contribution is -0.120. The average Bonchev–Trinajstić information content (AvgIpc) is 2.99. The first-order valence-electron chi connectivity index (χ1n) is 8.49. The monoisotopic (exact) mass is 449 g/mol. The van der Waals surface area contributed by atoms with Gasteiger partial charge in [-0.3, -0.25) is 14.3 Å². The molecule has 1 aromatic heterocycles. The zero-order valence-electron chi connectivity index (χ0n) is 15.4. The Bertz CT molecular complexity index is 1180. The summed E-state index contributed by atoms with van der Waals surface area (Å²) in [6.07, 6.45) is -4.19. The molecule has 0 aliphatic carbocycles. The van der Waals surface area contributed by atoms with Crippen molar-refractivity contribution in [1.82, 2.24) is 9.55 Å². The first kappa shape index (κ1) is 22.1. The molecule has 160 valence electrons. The molecule has 15 heteroatoms. The number of benzene rings is 1. The fraction of sp³-hybridized carbons (Fsp3) is 0.312. The van der Waals surface area contributed by atoms with Crippen molar-refractivity contribution in [3.05, 3.63) is 73.4 Å². The molecule has 2 aromatic rings. The number of nitrogens with zero attached hydrogens (tertiary/aromatic N) is 5. The molecule has 31 heavy (non-hydrogen) atoms. The zero-order valence-corrected chi connectivity index (χ0v) is 16.3. The van der Waals surface area contributed by atoms with E-state index in [2.05, 4.69) is 10.0 Å². The molecule has 0 bridgehead atoms. The van der Waals surface area contributed by atoms with Gasteiger partial charge in [-0.05, 0) is 29.8 Å². The number of rotatable bonds is 7. The number of ether oxygens (including phenoxy) is 1. The molecule has 0 saturated carbocycles. The molecule has 0 radical (unpaired) electrons. The summed E-state index contributed by atoms with van der Waals surface area (Å²) in [6, 6.07) is 8.49. The molecule has 1 aliphatic rings. The van der Waals surface area contributed by atoms with Crippen LogP contribution < -0.4 is 15.8 Å². The molecule has 14 nitrogen and oxygen atoms in total. The largest absolute Gasteiger partial charge is 0.750 e. The molecule has 0 spiro atoms. The van der Waals surface area contributed by atoms with Crippen molar-refractivity contribution < 1.29 is 28.6 Å². The number of nitriles is 1. The molecule has 1 aliphatic heterocycles. The van der Waals surface area contributed by atoms with Gasteiger partial charge in [-0.2, -0.15) is 5.26 Å². The highest BCUT2D eigenvalue weighted by Gasteiger charge is 2.57. The van der Waals surface area contributed by atoms with E-state index < -0.39 is 50.3 Å². The molecule has 5 atom stereocenters. The highest BCUT2D eigenvalue weighted by molar-refractivity contribution is 7.33. The van der Waals surface area contributed by atoms with Crippen LogP contribution in [0.25, 0.3) is 10.4 Å². The second-order valence-corrected chi connectivity index (χ2v) is 7.11. The smallest absolute Gasteiger partial charge is 0.387 e. The maximum absolute atomic E-state index is 12.1. The summed E-state index contributed by atoms with van der Waals surface area (Å²) >= 11 is 0. The number of aliphatic hydroxyl groups excluding tert-OH is 2. The van der Waals surface area contributed by atoms with Gasteiger partial charge in [0.2, 0.25) is 5.72 Å². The van der Waals surface area contributed by atoms with Crippen molar-refractivity contribution in [1.29, 1.82) is 5.26 Å². The quantitative estimate of drug-likeness (QED) is 0.231. The lowest BCUT2D eigenvalue weighted by atomic mass is 10.1. The molecule has 3 N–H and O–H groups in total. The van der Waals surface area contributed by atoms with Gasteiger partial charge in [0.1, 0.15) is 18.8 Å². The van der Waals surface area contributed by atoms with Crippen LogP contribution in [0.15, 0.2) is 51.2 Å². The van der Waals surface area contributed by atoms with Crippen molar-refractivity contribution in [3.8, 4) is 11.8 Å². The standard InChI is InChI=1S/C16H13N6O8P/c17-7-9-1-3-10(4-2-9)30-31(27)28-8-16(20-21-18)13(25)12(24)14(29-16)22-6-5-11(23)19-15(22)26/h1-6,12-14,24-25H,8H2/p+1/t12-,13+,14-,16-/m1/s1. The van der Waals surface area contributed by atoms with Gasteiger partial charge < -0.3 is 14.9 Å². The van der Waals surface area contributed by atoms with E-state index in [1.54, 1.807) is 0 Å². The van der Waals surface area contributed by atoms with Crippen LogP contribution in [0.4, 0.5) is 0 Å². The van der Waals surface area contributed by atoms with Crippen molar-refractivity contribution in [2.24, 2.45) is 5.11 Å². The third-order valence-corrected chi connectivity index (χ3v) is 4.98. The van der Waals surface area contributed by atoms with E-state index >= 15 is 0 Å². The van der Waals surface area contributed by atoms with Crippen molar-refractivity contribution in [2.75, 3.05) is 6.61 Å². The normalized spacial score (nSPS) is 25.3. The summed E-state index contributed by atoms with van der Waals surface area (Å²) in [7, 11) is -2.85. The number of aliphatic hydroxyl groups is 2. The molecule has 3 rings (SSSR count). The summed E-state index contributed by atoms with van der Waals surface area (Å²) in [4.78, 5) is 27.7. The predicted octanol–water partition coefficient (Wildman–Crippen LogP) is 0.418. The van der Waals surface area contributed by atoms with E-state index in [0.29, 0.717) is 5.56 Å². The molecule has 0 amide bonds. The number of azide groups is 1. The summed E-state index contributed by atoms with van der Waals surface area (Å²) in [6.45, 7) is -0.810. The Labute approximate surface area is 173 Å². The highest BCUT2D eigenvalue weighted by atomic mass is 31.1. The van der Waals surface area contributed by atoms with E-state index in [4.69, 9.17) is 24.6 Å². The summed E-state index contributed by atoms with van der Waals surface area (Å²) in [5.74, 6) is 0.114. The molecular formula is C16H14N6O8P+. The second-order valence-electron chi connectivity index (χ2n) is 6.22. The number of nitrogens with one attached hydrogen (secondary N) is 1. The Morgan fingerprint density at radius 3 is 2.68 bits per heavy atom. The van der Waals surface area contributed by atoms with Crippen molar-refractivity contribution >= 4 is 8.25 Å². The van der Waals surface area contributed by atoms with Crippen LogP contribution in [0.2, 0.25) is 0 Å². The lowest BCUT2D eigenvalue weighted by Gasteiger charge is -2.23. The van der Waals surface area contributed by atoms with Gasteiger partial charge in [0.15, 0.2) is 12.0 Å². The number of aromatic amines is 1. The van der Waals surface area contributed by atoms with E-state index in [0.717, 1.165) is 16.8 Å². The maximum Gasteiger partial charge on any atom is 0.750 e. The van der Waals surface area contributed by atoms with E-state index in [1.807, 2.05) is 11.1 Å². The fourth-order valence-corrected chi connectivity index (χ4v) is 3.41. The molecular weight excluding hydrogens is 435 g/mol. The Morgan fingerprint density at radius 1 is 1.35 bits per heavy atom. The lowest BCUT2D eigenvalue weighted by Crippen LogP contribution is -2.44. The third kappa shape index (κ3) is 4.62. The number of H-pyrrole nitrogens is 1. The van der Waals surface area contributed by atoms with Crippen LogP contribution >= 0.6 is 8.25 Å². The minimum atomic E-state index is -2.85. The Kier molecular flexibility index (Phi) is 6.47. The topological polar surface area (TPSA) is 213 Å². The van der Waals surface area contributed by atoms with Gasteiger partial charge >= 0.3 is 13.9 Å². The molecule has 1 saturated heterocycles. The van der Waals surface area contributed by atoms with E-state index in [-0.39, 0.29) is 5.75 Å². The minimum Gasteiger partial charge on any atom is -0.387 e. The number of aromatic nitrogens is 2. The van der Waals surface area contributed by atoms with Gasteiger partial charge in [0.05, 0.1) is 11.6 Å². The van der Waals surface area contributed by atoms with E-state index in [1.165, 1.54) is 24.3 Å². The Hall–Kier alpha value is -3.56. The van der Waals surface area contributed by atoms with Crippen LogP contribution in [0.3, 0.4) is 0 Å². The number of hydrogen-bond acceptors (Lipinski definition) is 10. The van der Waals surface area contributed by atoms with Crippen LogP contribution in [0.1, 0.15) is 11.8 Å². The molecule has 2 heterocycles.